The Morgan fingerprint density at radius 1 is 1.47 bits per heavy atom. The number of carbonyl (C=O) groups is 2. The average Bonchev–Trinajstić information content (AvgIpc) is 2.38. The first-order valence-electron chi connectivity index (χ1n) is 6.46. The van der Waals surface area contributed by atoms with Crippen LogP contribution in [0.5, 0.6) is 0 Å². The van der Waals surface area contributed by atoms with Crippen molar-refractivity contribution in [1.29, 1.82) is 0 Å². The van der Waals surface area contributed by atoms with Crippen LogP contribution in [0, 0.1) is 0 Å². The fraction of sp³-hybridized carbons (Fsp3) is 0.500. The van der Waals surface area contributed by atoms with E-state index >= 15 is 0 Å². The molecular weight excluding hydrogens is 242 g/mol. The second kappa shape index (κ2) is 7.51. The SMILES string of the molecule is CCC(C)NC(=O)CN(Cc1cccnc1)C(C)=O. The quantitative estimate of drug-likeness (QED) is 0.842. The Balaban J connectivity index is 2.59. The van der Waals surface area contributed by atoms with Crippen LogP contribution in [0.3, 0.4) is 0 Å². The summed E-state index contributed by atoms with van der Waals surface area (Å²) < 4.78 is 0. The number of rotatable bonds is 6. The van der Waals surface area contributed by atoms with Gasteiger partial charge in [0, 0.05) is 31.9 Å². The van der Waals surface area contributed by atoms with Gasteiger partial charge in [-0.3, -0.25) is 14.6 Å². The van der Waals surface area contributed by atoms with E-state index in [1.165, 1.54) is 11.8 Å². The smallest absolute Gasteiger partial charge is 0.239 e. The first-order valence-corrected chi connectivity index (χ1v) is 6.46. The van der Waals surface area contributed by atoms with Crippen LogP contribution in [-0.2, 0) is 16.1 Å². The Labute approximate surface area is 114 Å². The Hall–Kier alpha value is -1.91. The second-order valence-corrected chi connectivity index (χ2v) is 4.61. The lowest BCUT2D eigenvalue weighted by atomic mass is 10.2. The summed E-state index contributed by atoms with van der Waals surface area (Å²) in [6.07, 6.45) is 4.24. The molecule has 1 unspecified atom stereocenters. The third-order valence-electron chi connectivity index (χ3n) is 2.90. The van der Waals surface area contributed by atoms with Crippen molar-refractivity contribution < 1.29 is 9.59 Å². The fourth-order valence-corrected chi connectivity index (χ4v) is 1.59. The molecule has 0 bridgehead atoms. The highest BCUT2D eigenvalue weighted by molar-refractivity contribution is 5.83. The van der Waals surface area contributed by atoms with Crippen molar-refractivity contribution >= 4 is 11.8 Å². The Kier molecular flexibility index (Phi) is 5.99. The maximum absolute atomic E-state index is 11.8. The first-order chi connectivity index (χ1) is 9.02. The van der Waals surface area contributed by atoms with E-state index in [1.54, 1.807) is 12.4 Å². The van der Waals surface area contributed by atoms with Crippen molar-refractivity contribution in [3.63, 3.8) is 0 Å². The summed E-state index contributed by atoms with van der Waals surface area (Å²) in [4.78, 5) is 28.9. The molecule has 1 rings (SSSR count). The van der Waals surface area contributed by atoms with Crippen LogP contribution in [0.25, 0.3) is 0 Å². The predicted molar refractivity (Wildman–Crippen MR) is 73.2 cm³/mol. The van der Waals surface area contributed by atoms with Crippen molar-refractivity contribution in [3.05, 3.63) is 30.1 Å². The monoisotopic (exact) mass is 263 g/mol. The lowest BCUT2D eigenvalue weighted by Gasteiger charge is -2.21. The number of nitrogens with one attached hydrogen (secondary N) is 1. The highest BCUT2D eigenvalue weighted by Crippen LogP contribution is 2.03. The molecule has 0 saturated heterocycles. The fourth-order valence-electron chi connectivity index (χ4n) is 1.59. The molecule has 0 spiro atoms. The lowest BCUT2D eigenvalue weighted by molar-refractivity contribution is -0.135. The molecule has 0 aliphatic heterocycles. The van der Waals surface area contributed by atoms with Crippen LogP contribution in [0.2, 0.25) is 0 Å². The Morgan fingerprint density at radius 3 is 2.74 bits per heavy atom. The van der Waals surface area contributed by atoms with Crippen molar-refractivity contribution in [3.8, 4) is 0 Å². The molecule has 0 aromatic carbocycles. The van der Waals surface area contributed by atoms with Crippen LogP contribution in [0.4, 0.5) is 0 Å². The van der Waals surface area contributed by atoms with Gasteiger partial charge in [-0.25, -0.2) is 0 Å². The predicted octanol–water partition coefficient (Wildman–Crippen LogP) is 1.34. The highest BCUT2D eigenvalue weighted by atomic mass is 16.2. The number of hydrogen-bond acceptors (Lipinski definition) is 3. The Morgan fingerprint density at radius 2 is 2.21 bits per heavy atom. The number of amides is 2. The molecule has 1 N–H and O–H groups in total. The van der Waals surface area contributed by atoms with Gasteiger partial charge in [-0.05, 0) is 25.0 Å². The maximum Gasteiger partial charge on any atom is 0.239 e. The second-order valence-electron chi connectivity index (χ2n) is 4.61. The minimum atomic E-state index is -0.131. The van der Waals surface area contributed by atoms with Crippen LogP contribution < -0.4 is 5.32 Å². The summed E-state index contributed by atoms with van der Waals surface area (Å²) in [5, 5.41) is 2.85. The van der Waals surface area contributed by atoms with Gasteiger partial charge in [-0.2, -0.15) is 0 Å². The summed E-state index contributed by atoms with van der Waals surface area (Å²) in [5.41, 5.74) is 0.911. The minimum Gasteiger partial charge on any atom is -0.352 e. The third kappa shape index (κ3) is 5.50. The van der Waals surface area contributed by atoms with E-state index in [-0.39, 0.29) is 24.4 Å². The van der Waals surface area contributed by atoms with Crippen molar-refractivity contribution in [1.82, 2.24) is 15.2 Å². The summed E-state index contributed by atoms with van der Waals surface area (Å²) >= 11 is 0. The van der Waals surface area contributed by atoms with Gasteiger partial charge in [0.05, 0.1) is 6.54 Å². The first kappa shape index (κ1) is 15.1. The molecular formula is C14H21N3O2. The molecule has 5 heteroatoms. The van der Waals surface area contributed by atoms with Crippen LogP contribution >= 0.6 is 0 Å². The van der Waals surface area contributed by atoms with Crippen molar-refractivity contribution in [2.45, 2.75) is 39.8 Å². The number of nitrogens with zero attached hydrogens (tertiary/aromatic N) is 2. The van der Waals surface area contributed by atoms with E-state index in [4.69, 9.17) is 0 Å². The van der Waals surface area contributed by atoms with Gasteiger partial charge in [0.2, 0.25) is 11.8 Å². The molecule has 19 heavy (non-hydrogen) atoms. The summed E-state index contributed by atoms with van der Waals surface area (Å²) in [6, 6.07) is 3.82. The van der Waals surface area contributed by atoms with Gasteiger partial charge >= 0.3 is 0 Å². The largest absolute Gasteiger partial charge is 0.352 e. The minimum absolute atomic E-state index is 0.0779. The normalized spacial score (nSPS) is 11.7. The van der Waals surface area contributed by atoms with Crippen LogP contribution in [0.1, 0.15) is 32.8 Å². The van der Waals surface area contributed by atoms with E-state index in [1.807, 2.05) is 26.0 Å². The van der Waals surface area contributed by atoms with Gasteiger partial charge in [0.15, 0.2) is 0 Å². The molecule has 1 atom stereocenters. The van der Waals surface area contributed by atoms with Gasteiger partial charge in [0.1, 0.15) is 0 Å². The average molecular weight is 263 g/mol. The molecule has 0 fully saturated rings. The molecule has 0 saturated carbocycles. The van der Waals surface area contributed by atoms with E-state index in [9.17, 15) is 9.59 Å². The molecule has 1 aromatic rings. The number of aromatic nitrogens is 1. The molecule has 1 aromatic heterocycles. The topological polar surface area (TPSA) is 62.3 Å². The summed E-state index contributed by atoms with van der Waals surface area (Å²) in [7, 11) is 0. The van der Waals surface area contributed by atoms with Crippen LogP contribution in [-0.4, -0.2) is 34.3 Å². The van der Waals surface area contributed by atoms with E-state index < -0.39 is 0 Å². The van der Waals surface area contributed by atoms with Crippen molar-refractivity contribution in [2.24, 2.45) is 0 Å². The Bertz CT molecular complexity index is 420. The zero-order valence-corrected chi connectivity index (χ0v) is 11.7. The maximum atomic E-state index is 11.8. The molecule has 104 valence electrons. The summed E-state index contributed by atoms with van der Waals surface area (Å²) in [5.74, 6) is -0.253. The van der Waals surface area contributed by atoms with E-state index in [0.717, 1.165) is 12.0 Å². The van der Waals surface area contributed by atoms with Gasteiger partial charge < -0.3 is 10.2 Å². The van der Waals surface area contributed by atoms with Gasteiger partial charge in [0.25, 0.3) is 0 Å². The highest BCUT2D eigenvalue weighted by Gasteiger charge is 2.15. The van der Waals surface area contributed by atoms with Gasteiger partial charge in [-0.1, -0.05) is 13.0 Å². The number of hydrogen-bond donors (Lipinski definition) is 1. The molecule has 0 radical (unpaired) electrons. The lowest BCUT2D eigenvalue weighted by Crippen LogP contribution is -2.42. The third-order valence-corrected chi connectivity index (χ3v) is 2.90. The molecule has 1 heterocycles. The van der Waals surface area contributed by atoms with Crippen molar-refractivity contribution in [2.75, 3.05) is 6.54 Å². The summed E-state index contributed by atoms with van der Waals surface area (Å²) in [6.45, 7) is 5.89. The standard InChI is InChI=1S/C14H21N3O2/c1-4-11(2)16-14(19)10-17(12(3)18)9-13-6-5-7-15-8-13/h5-8,11H,4,9-10H2,1-3H3,(H,16,19). The molecule has 2 amide bonds. The zero-order valence-electron chi connectivity index (χ0n) is 11.7. The number of pyridine rings is 1. The molecule has 5 nitrogen and oxygen atoms in total. The van der Waals surface area contributed by atoms with Gasteiger partial charge in [-0.15, -0.1) is 0 Å². The van der Waals surface area contributed by atoms with E-state index in [0.29, 0.717) is 6.54 Å². The number of carbonyl (C=O) groups excluding carboxylic acids is 2. The molecule has 0 aliphatic rings. The molecule has 0 aliphatic carbocycles. The van der Waals surface area contributed by atoms with E-state index in [2.05, 4.69) is 10.3 Å². The zero-order chi connectivity index (χ0) is 14.3. The van der Waals surface area contributed by atoms with Crippen LogP contribution in [0.15, 0.2) is 24.5 Å².